The molecule has 0 fully saturated rings. The van der Waals surface area contributed by atoms with Crippen LogP contribution in [0.4, 0.5) is 4.79 Å². The zero-order chi connectivity index (χ0) is 17.9. The quantitative estimate of drug-likeness (QED) is 0.571. The Morgan fingerprint density at radius 2 is 1.83 bits per heavy atom. The molecule has 0 saturated heterocycles. The summed E-state index contributed by atoms with van der Waals surface area (Å²) >= 11 is 0. The molecule has 0 aliphatic carbocycles. The first-order valence-corrected chi connectivity index (χ1v) is 7.14. The van der Waals surface area contributed by atoms with Gasteiger partial charge in [-0.15, -0.1) is 0 Å². The minimum atomic E-state index is -0.714. The molecule has 0 heterocycles. The summed E-state index contributed by atoms with van der Waals surface area (Å²) in [5, 5.41) is 4.40. The molecular weight excluding hydrogens is 316 g/mol. The highest BCUT2D eigenvalue weighted by Crippen LogP contribution is 2.27. The highest BCUT2D eigenvalue weighted by atomic mass is 16.5. The minimum Gasteiger partial charge on any atom is -0.493 e. The third kappa shape index (κ3) is 6.39. The molecule has 0 radical (unpaired) electrons. The first-order valence-electron chi connectivity index (χ1n) is 7.14. The lowest BCUT2D eigenvalue weighted by atomic mass is 10.2. The predicted molar refractivity (Wildman–Crippen MR) is 86.8 cm³/mol. The van der Waals surface area contributed by atoms with E-state index in [-0.39, 0.29) is 0 Å². The van der Waals surface area contributed by atoms with Crippen molar-refractivity contribution in [3.63, 3.8) is 0 Å². The molecule has 8 nitrogen and oxygen atoms in total. The smallest absolute Gasteiger partial charge is 0.331 e. The van der Waals surface area contributed by atoms with Gasteiger partial charge < -0.3 is 19.5 Å². The number of ether oxygens (including phenoxy) is 3. The summed E-state index contributed by atoms with van der Waals surface area (Å²) in [5.41, 5.74) is 0.691. The van der Waals surface area contributed by atoms with Gasteiger partial charge in [-0.2, -0.15) is 0 Å². The first kappa shape index (κ1) is 19.0. The Balaban J connectivity index is 2.51. The van der Waals surface area contributed by atoms with Crippen molar-refractivity contribution >= 4 is 24.0 Å². The summed E-state index contributed by atoms with van der Waals surface area (Å²) in [5.74, 6) is -0.335. The van der Waals surface area contributed by atoms with E-state index < -0.39 is 24.5 Å². The Hall–Kier alpha value is -3.03. The normalized spacial score (nSPS) is 10.1. The highest BCUT2D eigenvalue weighted by Gasteiger charge is 2.09. The Morgan fingerprint density at radius 1 is 1.12 bits per heavy atom. The molecule has 0 aliphatic rings. The maximum Gasteiger partial charge on any atom is 0.331 e. The molecule has 2 N–H and O–H groups in total. The van der Waals surface area contributed by atoms with Crippen LogP contribution in [0.15, 0.2) is 24.3 Å². The second-order valence-corrected chi connectivity index (χ2v) is 4.46. The van der Waals surface area contributed by atoms with Crippen LogP contribution in [0.2, 0.25) is 0 Å². The molecule has 1 aromatic carbocycles. The number of hydrogen-bond acceptors (Lipinski definition) is 6. The fourth-order valence-corrected chi connectivity index (χ4v) is 1.67. The second kappa shape index (κ2) is 9.88. The Labute approximate surface area is 139 Å². The summed E-state index contributed by atoms with van der Waals surface area (Å²) in [4.78, 5) is 34.0. The number of urea groups is 1. The maximum absolute atomic E-state index is 11.6. The van der Waals surface area contributed by atoms with Gasteiger partial charge in [0.05, 0.1) is 14.2 Å². The van der Waals surface area contributed by atoms with Gasteiger partial charge in [0.1, 0.15) is 0 Å². The van der Waals surface area contributed by atoms with Crippen LogP contribution in [-0.4, -0.2) is 45.3 Å². The number of carbonyl (C=O) groups is 3. The third-order valence-electron chi connectivity index (χ3n) is 2.76. The van der Waals surface area contributed by atoms with E-state index in [1.54, 1.807) is 25.1 Å². The lowest BCUT2D eigenvalue weighted by molar-refractivity contribution is -0.143. The van der Waals surface area contributed by atoms with Gasteiger partial charge in [-0.25, -0.2) is 9.59 Å². The molecule has 3 amide bonds. The van der Waals surface area contributed by atoms with Crippen molar-refractivity contribution in [2.24, 2.45) is 0 Å². The summed E-state index contributed by atoms with van der Waals surface area (Å²) in [7, 11) is 3.03. The van der Waals surface area contributed by atoms with E-state index in [4.69, 9.17) is 14.2 Å². The number of hydrogen-bond donors (Lipinski definition) is 2. The Morgan fingerprint density at radius 3 is 2.46 bits per heavy atom. The monoisotopic (exact) mass is 336 g/mol. The van der Waals surface area contributed by atoms with Crippen molar-refractivity contribution in [3.8, 4) is 11.5 Å². The van der Waals surface area contributed by atoms with Crippen LogP contribution < -0.4 is 20.1 Å². The molecule has 0 spiro atoms. The SMILES string of the molecule is CCNC(=O)NC(=O)COC(=O)C=Cc1ccc(OC)c(OC)c1. The summed E-state index contributed by atoms with van der Waals surface area (Å²) in [6, 6.07) is 4.47. The van der Waals surface area contributed by atoms with E-state index in [2.05, 4.69) is 5.32 Å². The third-order valence-corrected chi connectivity index (χ3v) is 2.76. The van der Waals surface area contributed by atoms with E-state index in [1.807, 2.05) is 5.32 Å². The zero-order valence-corrected chi connectivity index (χ0v) is 13.8. The molecule has 1 rings (SSSR count). The average Bonchev–Trinajstić information content (AvgIpc) is 2.57. The van der Waals surface area contributed by atoms with E-state index in [1.165, 1.54) is 26.4 Å². The number of nitrogens with one attached hydrogen (secondary N) is 2. The molecular formula is C16H20N2O6. The van der Waals surface area contributed by atoms with Crippen LogP contribution >= 0.6 is 0 Å². The number of carbonyl (C=O) groups excluding carboxylic acids is 3. The lowest BCUT2D eigenvalue weighted by Gasteiger charge is -2.07. The van der Waals surface area contributed by atoms with E-state index in [0.29, 0.717) is 23.6 Å². The van der Waals surface area contributed by atoms with Crippen LogP contribution in [0.25, 0.3) is 6.08 Å². The molecule has 0 aliphatic heterocycles. The van der Waals surface area contributed by atoms with Gasteiger partial charge in [0.25, 0.3) is 5.91 Å². The van der Waals surface area contributed by atoms with Crippen molar-refractivity contribution in [1.82, 2.24) is 10.6 Å². The second-order valence-electron chi connectivity index (χ2n) is 4.46. The summed E-state index contributed by atoms with van der Waals surface area (Å²) < 4.78 is 15.0. The molecule has 0 saturated carbocycles. The van der Waals surface area contributed by atoms with Crippen LogP contribution in [0.3, 0.4) is 0 Å². The number of rotatable bonds is 7. The molecule has 0 unspecified atom stereocenters. The molecule has 0 atom stereocenters. The van der Waals surface area contributed by atoms with Gasteiger partial charge in [-0.05, 0) is 30.7 Å². The number of imide groups is 1. The first-order chi connectivity index (χ1) is 11.5. The number of amides is 3. The van der Waals surface area contributed by atoms with Gasteiger partial charge in [-0.3, -0.25) is 10.1 Å². The largest absolute Gasteiger partial charge is 0.493 e. The summed E-state index contributed by atoms with van der Waals surface area (Å²) in [6.45, 7) is 1.54. The number of methoxy groups -OCH3 is 2. The average molecular weight is 336 g/mol. The summed E-state index contributed by atoms with van der Waals surface area (Å²) in [6.07, 6.45) is 2.67. The van der Waals surface area contributed by atoms with Gasteiger partial charge >= 0.3 is 12.0 Å². The molecule has 24 heavy (non-hydrogen) atoms. The van der Waals surface area contributed by atoms with Gasteiger partial charge in [-0.1, -0.05) is 6.07 Å². The van der Waals surface area contributed by atoms with Gasteiger partial charge in [0, 0.05) is 12.6 Å². The molecule has 1 aromatic rings. The van der Waals surface area contributed by atoms with Crippen LogP contribution in [0.1, 0.15) is 12.5 Å². The van der Waals surface area contributed by atoms with Crippen molar-refractivity contribution in [2.45, 2.75) is 6.92 Å². The van der Waals surface area contributed by atoms with Gasteiger partial charge in [0.15, 0.2) is 18.1 Å². The number of esters is 1. The van der Waals surface area contributed by atoms with Crippen molar-refractivity contribution in [1.29, 1.82) is 0 Å². The standard InChI is InChI=1S/C16H20N2O6/c1-4-17-16(21)18-14(19)10-24-15(20)8-6-11-5-7-12(22-2)13(9-11)23-3/h5-9H,4,10H2,1-3H3,(H2,17,18,19,21). The van der Waals surface area contributed by atoms with Crippen LogP contribution in [-0.2, 0) is 14.3 Å². The molecule has 8 heteroatoms. The van der Waals surface area contributed by atoms with E-state index in [0.717, 1.165) is 0 Å². The minimum absolute atomic E-state index is 0.382. The fraction of sp³-hybridized carbons (Fsp3) is 0.312. The highest BCUT2D eigenvalue weighted by molar-refractivity contribution is 5.96. The maximum atomic E-state index is 11.6. The fourth-order valence-electron chi connectivity index (χ4n) is 1.67. The van der Waals surface area contributed by atoms with Gasteiger partial charge in [0.2, 0.25) is 0 Å². The van der Waals surface area contributed by atoms with Crippen molar-refractivity contribution < 1.29 is 28.6 Å². The molecule has 130 valence electrons. The van der Waals surface area contributed by atoms with Crippen molar-refractivity contribution in [3.05, 3.63) is 29.8 Å². The van der Waals surface area contributed by atoms with Crippen molar-refractivity contribution in [2.75, 3.05) is 27.4 Å². The Kier molecular flexibility index (Phi) is 7.83. The Bertz CT molecular complexity index is 627. The van der Waals surface area contributed by atoms with Crippen LogP contribution in [0.5, 0.6) is 11.5 Å². The predicted octanol–water partition coefficient (Wildman–Crippen LogP) is 1.11. The van der Waals surface area contributed by atoms with E-state index in [9.17, 15) is 14.4 Å². The van der Waals surface area contributed by atoms with E-state index >= 15 is 0 Å². The lowest BCUT2D eigenvalue weighted by Crippen LogP contribution is -2.41. The zero-order valence-electron chi connectivity index (χ0n) is 13.8. The number of benzene rings is 1. The molecule has 0 aromatic heterocycles. The molecule has 0 bridgehead atoms. The topological polar surface area (TPSA) is 103 Å². The van der Waals surface area contributed by atoms with Crippen LogP contribution in [0, 0.1) is 0 Å².